The number of ether oxygens (including phenoxy) is 3. The Hall–Kier alpha value is -2.71. The van der Waals surface area contributed by atoms with Crippen molar-refractivity contribution in [1.29, 1.82) is 0 Å². The van der Waals surface area contributed by atoms with E-state index >= 15 is 0 Å². The van der Waals surface area contributed by atoms with Crippen LogP contribution in [0.4, 0.5) is 0 Å². The first-order valence-electron chi connectivity index (χ1n) is 6.91. The minimum absolute atomic E-state index is 0.393. The average Bonchev–Trinajstić information content (AvgIpc) is 2.55. The predicted octanol–water partition coefficient (Wildman–Crippen LogP) is -0.468. The van der Waals surface area contributed by atoms with Crippen LogP contribution in [0, 0.1) is 5.41 Å². The molecule has 0 aliphatic heterocycles. The van der Waals surface area contributed by atoms with Crippen LogP contribution in [0.1, 0.15) is 20.8 Å². The van der Waals surface area contributed by atoms with E-state index in [1.54, 1.807) is 0 Å². The molecule has 0 aliphatic rings. The first-order valence-corrected chi connectivity index (χ1v) is 6.91. The summed E-state index contributed by atoms with van der Waals surface area (Å²) >= 11 is 0. The third-order valence-electron chi connectivity index (χ3n) is 2.86. The molecule has 0 spiro atoms. The largest absolute Gasteiger partial charge is 0.467 e. The Balaban J connectivity index is 4.64. The molecular weight excluding hydrogens is 322 g/mol. The molecule has 9 heteroatoms. The van der Waals surface area contributed by atoms with Crippen LogP contribution in [0.5, 0.6) is 0 Å². The highest BCUT2D eigenvalue weighted by atomic mass is 16.5. The zero-order valence-corrected chi connectivity index (χ0v) is 14.2. The molecule has 9 nitrogen and oxygen atoms in total. The fraction of sp³-hybridized carbons (Fsp3) is 0.533. The van der Waals surface area contributed by atoms with Gasteiger partial charge in [-0.05, 0) is 20.8 Å². The second-order valence-electron chi connectivity index (χ2n) is 5.40. The van der Waals surface area contributed by atoms with Crippen LogP contribution in [0.2, 0.25) is 0 Å². The SMILES string of the molecule is COC(=O)/C=C/C(=O)OCC(C)(C)C(=O)C(=O)N[C@@H](C)C(=O)OC. The minimum atomic E-state index is -1.32. The molecule has 1 N–H and O–H groups in total. The number of rotatable bonds is 8. The number of hydrogen-bond acceptors (Lipinski definition) is 8. The lowest BCUT2D eigenvalue weighted by Gasteiger charge is -2.22. The van der Waals surface area contributed by atoms with Crippen LogP contribution in [-0.2, 0) is 38.2 Å². The zero-order valence-electron chi connectivity index (χ0n) is 14.2. The zero-order chi connectivity index (χ0) is 18.9. The molecule has 0 aromatic heterocycles. The van der Waals surface area contributed by atoms with E-state index in [1.165, 1.54) is 20.8 Å². The molecule has 0 saturated carbocycles. The summed E-state index contributed by atoms with van der Waals surface area (Å²) in [5.74, 6) is -4.18. The van der Waals surface area contributed by atoms with Gasteiger partial charge in [-0.1, -0.05) is 0 Å². The van der Waals surface area contributed by atoms with Crippen molar-refractivity contribution in [1.82, 2.24) is 5.32 Å². The number of esters is 3. The summed E-state index contributed by atoms with van der Waals surface area (Å²) in [4.78, 5) is 57.4. The third-order valence-corrected chi connectivity index (χ3v) is 2.86. The van der Waals surface area contributed by atoms with Gasteiger partial charge in [0.25, 0.3) is 5.91 Å². The van der Waals surface area contributed by atoms with Gasteiger partial charge in [0.05, 0.1) is 19.6 Å². The summed E-state index contributed by atoms with van der Waals surface area (Å²) in [6.45, 7) is 3.77. The molecule has 0 radical (unpaired) electrons. The van der Waals surface area contributed by atoms with Crippen molar-refractivity contribution in [2.75, 3.05) is 20.8 Å². The molecule has 134 valence electrons. The molecule has 0 rings (SSSR count). The minimum Gasteiger partial charge on any atom is -0.467 e. The molecule has 0 bridgehead atoms. The summed E-state index contributed by atoms with van der Waals surface area (Å²) in [6.07, 6.45) is 1.70. The number of carbonyl (C=O) groups is 5. The fourth-order valence-corrected chi connectivity index (χ4v) is 1.37. The summed E-state index contributed by atoms with van der Waals surface area (Å²) in [5, 5.41) is 2.19. The van der Waals surface area contributed by atoms with Crippen LogP contribution in [-0.4, -0.2) is 56.5 Å². The fourth-order valence-electron chi connectivity index (χ4n) is 1.37. The molecule has 1 atom stereocenters. The third kappa shape index (κ3) is 7.03. The van der Waals surface area contributed by atoms with Gasteiger partial charge in [-0.3, -0.25) is 9.59 Å². The van der Waals surface area contributed by atoms with Crippen molar-refractivity contribution in [3.05, 3.63) is 12.2 Å². The van der Waals surface area contributed by atoms with Gasteiger partial charge in [-0.25, -0.2) is 14.4 Å². The maximum Gasteiger partial charge on any atom is 0.331 e. The number of amides is 1. The Labute approximate surface area is 139 Å². The molecule has 1 amide bonds. The van der Waals surface area contributed by atoms with E-state index in [9.17, 15) is 24.0 Å². The topological polar surface area (TPSA) is 125 Å². The van der Waals surface area contributed by atoms with Gasteiger partial charge in [0.1, 0.15) is 12.6 Å². The van der Waals surface area contributed by atoms with Crippen molar-refractivity contribution >= 4 is 29.6 Å². The maximum atomic E-state index is 12.1. The van der Waals surface area contributed by atoms with Crippen LogP contribution in [0.15, 0.2) is 12.2 Å². The molecule has 0 aliphatic carbocycles. The molecule has 0 heterocycles. The first kappa shape index (κ1) is 21.3. The van der Waals surface area contributed by atoms with Gasteiger partial charge in [0.15, 0.2) is 0 Å². The van der Waals surface area contributed by atoms with Gasteiger partial charge >= 0.3 is 17.9 Å². The van der Waals surface area contributed by atoms with Crippen LogP contribution in [0.3, 0.4) is 0 Å². The van der Waals surface area contributed by atoms with Crippen molar-refractivity contribution < 1.29 is 38.2 Å². The molecule has 0 aromatic carbocycles. The van der Waals surface area contributed by atoms with Crippen LogP contribution >= 0.6 is 0 Å². The number of Topliss-reactive ketones (excluding diaryl/α,β-unsaturated/α-hetero) is 1. The highest BCUT2D eigenvalue weighted by Gasteiger charge is 2.35. The maximum absolute atomic E-state index is 12.1. The quantitative estimate of drug-likeness (QED) is 0.271. The average molecular weight is 343 g/mol. The summed E-state index contributed by atoms with van der Waals surface area (Å²) < 4.78 is 13.6. The number of ketones is 1. The highest BCUT2D eigenvalue weighted by Crippen LogP contribution is 2.17. The van der Waals surface area contributed by atoms with E-state index in [4.69, 9.17) is 4.74 Å². The molecule has 24 heavy (non-hydrogen) atoms. The van der Waals surface area contributed by atoms with Crippen molar-refractivity contribution in [2.24, 2.45) is 5.41 Å². The van der Waals surface area contributed by atoms with Crippen LogP contribution in [0.25, 0.3) is 0 Å². The van der Waals surface area contributed by atoms with Crippen molar-refractivity contribution in [2.45, 2.75) is 26.8 Å². The predicted molar refractivity (Wildman–Crippen MR) is 80.5 cm³/mol. The van der Waals surface area contributed by atoms with Crippen molar-refractivity contribution in [3.8, 4) is 0 Å². The molecule has 0 fully saturated rings. The summed E-state index contributed by atoms with van der Waals surface area (Å²) in [6, 6.07) is -0.993. The Morgan fingerprint density at radius 1 is 1.00 bits per heavy atom. The molecule has 0 aromatic rings. The van der Waals surface area contributed by atoms with Gasteiger partial charge in [-0.2, -0.15) is 0 Å². The number of methoxy groups -OCH3 is 2. The van der Waals surface area contributed by atoms with E-state index in [0.29, 0.717) is 0 Å². The Morgan fingerprint density at radius 2 is 1.54 bits per heavy atom. The van der Waals surface area contributed by atoms with Gasteiger partial charge in [0, 0.05) is 12.2 Å². The number of nitrogens with one attached hydrogen (secondary N) is 1. The van der Waals surface area contributed by atoms with Gasteiger partial charge < -0.3 is 19.5 Å². The number of hydrogen-bond donors (Lipinski definition) is 1. The monoisotopic (exact) mass is 343 g/mol. The standard InChI is InChI=1S/C15H21NO8/c1-9(14(21)23-5)16-13(20)12(19)15(2,3)8-24-11(18)7-6-10(17)22-4/h6-7,9H,8H2,1-5H3,(H,16,20)/b7-6+/t9-/m0/s1. The Bertz CT molecular complexity index is 550. The molecule has 0 unspecified atom stereocenters. The number of carbonyl (C=O) groups excluding carboxylic acids is 5. The molecular formula is C15H21NO8. The summed E-state index contributed by atoms with van der Waals surface area (Å²) in [7, 11) is 2.30. The van der Waals surface area contributed by atoms with Gasteiger partial charge in [-0.15, -0.1) is 0 Å². The normalized spacial score (nSPS) is 12.2. The van der Waals surface area contributed by atoms with E-state index in [1.807, 2.05) is 0 Å². The first-order chi connectivity index (χ1) is 11.0. The van der Waals surface area contributed by atoms with E-state index in [-0.39, 0.29) is 0 Å². The second-order valence-corrected chi connectivity index (χ2v) is 5.40. The summed E-state index contributed by atoms with van der Waals surface area (Å²) in [5.41, 5.74) is -1.32. The highest BCUT2D eigenvalue weighted by molar-refractivity contribution is 6.38. The smallest absolute Gasteiger partial charge is 0.331 e. The van der Waals surface area contributed by atoms with Gasteiger partial charge in [0.2, 0.25) is 5.78 Å². The van der Waals surface area contributed by atoms with E-state index in [2.05, 4.69) is 14.8 Å². The van der Waals surface area contributed by atoms with E-state index < -0.39 is 47.7 Å². The Morgan fingerprint density at radius 3 is 2.04 bits per heavy atom. The lowest BCUT2D eigenvalue weighted by Crippen LogP contribution is -2.47. The van der Waals surface area contributed by atoms with Crippen LogP contribution < -0.4 is 5.32 Å². The van der Waals surface area contributed by atoms with Crippen molar-refractivity contribution in [3.63, 3.8) is 0 Å². The molecule has 0 saturated heterocycles. The lowest BCUT2D eigenvalue weighted by molar-refractivity contribution is -0.151. The van der Waals surface area contributed by atoms with E-state index in [0.717, 1.165) is 26.4 Å². The lowest BCUT2D eigenvalue weighted by atomic mass is 9.88. The Kier molecular flexibility index (Phi) is 8.37. The second kappa shape index (κ2) is 9.43.